The highest BCUT2D eigenvalue weighted by Gasteiger charge is 2.56. The van der Waals surface area contributed by atoms with Gasteiger partial charge in [0, 0.05) is 0 Å². The lowest BCUT2D eigenvalue weighted by molar-refractivity contribution is -0.201. The van der Waals surface area contributed by atoms with Gasteiger partial charge in [-0.2, -0.15) is 0 Å². The molecule has 116 valence electrons. The Morgan fingerprint density at radius 1 is 1.48 bits per heavy atom. The molecule has 2 fully saturated rings. The van der Waals surface area contributed by atoms with E-state index in [-0.39, 0.29) is 12.4 Å². The van der Waals surface area contributed by atoms with E-state index in [1.54, 1.807) is 13.8 Å². The van der Waals surface area contributed by atoms with Crippen molar-refractivity contribution in [1.82, 2.24) is 14.8 Å². The number of carbonyl (C=O) groups excluding carboxylic acids is 1. The predicted molar refractivity (Wildman–Crippen MR) is 66.2 cm³/mol. The number of ether oxygens (including phenoxy) is 4. The first-order valence-corrected chi connectivity index (χ1v) is 6.56. The number of carbonyl (C=O) groups is 1. The molecule has 0 aromatic carbocycles. The number of aliphatic hydroxyl groups excluding tert-OH is 1. The van der Waals surface area contributed by atoms with Crippen molar-refractivity contribution in [2.45, 2.75) is 44.2 Å². The van der Waals surface area contributed by atoms with Crippen molar-refractivity contribution in [3.63, 3.8) is 0 Å². The molecule has 2 aliphatic rings. The van der Waals surface area contributed by atoms with Crippen LogP contribution in [0.5, 0.6) is 0 Å². The van der Waals surface area contributed by atoms with Crippen molar-refractivity contribution in [1.29, 1.82) is 0 Å². The summed E-state index contributed by atoms with van der Waals surface area (Å²) in [5.74, 6) is -1.47. The Hall–Kier alpha value is -1.55. The number of nitrogens with zero attached hydrogens (tertiary/aromatic N) is 3. The van der Waals surface area contributed by atoms with Crippen molar-refractivity contribution in [2.75, 3.05) is 13.7 Å². The number of esters is 1. The smallest absolute Gasteiger partial charge is 0.377 e. The Balaban J connectivity index is 1.85. The van der Waals surface area contributed by atoms with Crippen LogP contribution in [0.3, 0.4) is 0 Å². The van der Waals surface area contributed by atoms with E-state index in [1.165, 1.54) is 18.1 Å². The molecule has 3 heterocycles. The van der Waals surface area contributed by atoms with Gasteiger partial charge >= 0.3 is 5.97 Å². The second kappa shape index (κ2) is 5.02. The molecule has 3 rings (SSSR count). The zero-order valence-corrected chi connectivity index (χ0v) is 11.9. The molecule has 0 unspecified atom stereocenters. The first kappa shape index (κ1) is 14.4. The quantitative estimate of drug-likeness (QED) is 0.743. The fraction of sp³-hybridized carbons (Fsp3) is 0.750. The van der Waals surface area contributed by atoms with Crippen LogP contribution >= 0.6 is 0 Å². The van der Waals surface area contributed by atoms with Crippen LogP contribution in [-0.4, -0.2) is 63.7 Å². The summed E-state index contributed by atoms with van der Waals surface area (Å²) in [6.45, 7) is 3.38. The summed E-state index contributed by atoms with van der Waals surface area (Å²) in [5, 5.41) is 13.4. The predicted octanol–water partition coefficient (Wildman–Crippen LogP) is -0.526. The molecular formula is C12H17N3O6. The van der Waals surface area contributed by atoms with Crippen molar-refractivity contribution < 1.29 is 28.8 Å². The average Bonchev–Trinajstić information content (AvgIpc) is 3.10. The van der Waals surface area contributed by atoms with E-state index in [4.69, 9.17) is 14.2 Å². The number of hydrogen-bond donors (Lipinski definition) is 1. The lowest BCUT2D eigenvalue weighted by Crippen LogP contribution is -2.31. The molecule has 0 spiro atoms. The average molecular weight is 299 g/mol. The molecule has 9 nitrogen and oxygen atoms in total. The molecular weight excluding hydrogens is 282 g/mol. The van der Waals surface area contributed by atoms with Gasteiger partial charge in [-0.05, 0) is 13.8 Å². The zero-order chi connectivity index (χ0) is 15.2. The number of aliphatic hydroxyl groups is 1. The highest BCUT2D eigenvalue weighted by Crippen LogP contribution is 2.42. The first-order valence-electron chi connectivity index (χ1n) is 6.56. The second-order valence-electron chi connectivity index (χ2n) is 5.35. The van der Waals surface area contributed by atoms with E-state index >= 15 is 0 Å². The van der Waals surface area contributed by atoms with E-state index < -0.39 is 36.3 Å². The van der Waals surface area contributed by atoms with Gasteiger partial charge in [0.1, 0.15) is 24.6 Å². The van der Waals surface area contributed by atoms with Crippen molar-refractivity contribution in [2.24, 2.45) is 0 Å². The molecule has 0 bridgehead atoms. The number of fused-ring (bicyclic) bond motifs is 1. The van der Waals surface area contributed by atoms with Gasteiger partial charge in [-0.15, -0.1) is 5.10 Å². The number of hydrogen-bond acceptors (Lipinski definition) is 8. The van der Waals surface area contributed by atoms with Crippen LogP contribution < -0.4 is 0 Å². The van der Waals surface area contributed by atoms with Gasteiger partial charge in [0.2, 0.25) is 0 Å². The van der Waals surface area contributed by atoms with Crippen molar-refractivity contribution >= 4 is 5.97 Å². The molecule has 9 heteroatoms. The molecule has 2 saturated heterocycles. The van der Waals surface area contributed by atoms with E-state index in [2.05, 4.69) is 14.8 Å². The lowest BCUT2D eigenvalue weighted by atomic mass is 10.1. The Morgan fingerprint density at radius 2 is 2.19 bits per heavy atom. The summed E-state index contributed by atoms with van der Waals surface area (Å²) >= 11 is 0. The summed E-state index contributed by atoms with van der Waals surface area (Å²) < 4.78 is 23.2. The summed E-state index contributed by atoms with van der Waals surface area (Å²) in [4.78, 5) is 15.3. The van der Waals surface area contributed by atoms with Crippen LogP contribution in [0.1, 0.15) is 30.7 Å². The minimum atomic E-state index is -0.767. The number of methoxy groups -OCH3 is 1. The van der Waals surface area contributed by atoms with E-state index in [0.717, 1.165) is 0 Å². The molecule has 0 amide bonds. The molecule has 0 saturated carbocycles. The molecule has 4 atom stereocenters. The highest BCUT2D eigenvalue weighted by molar-refractivity contribution is 5.84. The lowest BCUT2D eigenvalue weighted by Gasteiger charge is -2.23. The summed E-state index contributed by atoms with van der Waals surface area (Å²) in [6.07, 6.45) is -0.625. The third kappa shape index (κ3) is 2.42. The van der Waals surface area contributed by atoms with E-state index in [1.807, 2.05) is 0 Å². The monoisotopic (exact) mass is 299 g/mol. The maximum absolute atomic E-state index is 11.4. The van der Waals surface area contributed by atoms with Crippen molar-refractivity contribution in [3.05, 3.63) is 12.2 Å². The third-order valence-corrected chi connectivity index (χ3v) is 3.44. The van der Waals surface area contributed by atoms with Crippen LogP contribution in [-0.2, 0) is 18.9 Å². The molecule has 21 heavy (non-hydrogen) atoms. The largest absolute Gasteiger partial charge is 0.463 e. The van der Waals surface area contributed by atoms with Gasteiger partial charge in [-0.3, -0.25) is 0 Å². The van der Waals surface area contributed by atoms with Gasteiger partial charge in [0.05, 0.1) is 13.7 Å². The zero-order valence-electron chi connectivity index (χ0n) is 11.9. The van der Waals surface area contributed by atoms with Gasteiger partial charge in [0.25, 0.3) is 5.82 Å². The molecule has 1 aromatic heterocycles. The van der Waals surface area contributed by atoms with E-state index in [0.29, 0.717) is 0 Å². The maximum atomic E-state index is 11.4. The summed E-state index contributed by atoms with van der Waals surface area (Å²) in [7, 11) is 1.25. The Kier molecular flexibility index (Phi) is 3.44. The minimum absolute atomic E-state index is 0.0664. The van der Waals surface area contributed by atoms with Gasteiger partial charge in [-0.25, -0.2) is 14.5 Å². The molecule has 2 aliphatic heterocycles. The molecule has 1 aromatic rings. The van der Waals surface area contributed by atoms with Crippen LogP contribution in [0.15, 0.2) is 6.33 Å². The van der Waals surface area contributed by atoms with Crippen LogP contribution in [0.25, 0.3) is 0 Å². The Labute approximate surface area is 120 Å². The van der Waals surface area contributed by atoms with Crippen LogP contribution in [0.2, 0.25) is 0 Å². The van der Waals surface area contributed by atoms with Gasteiger partial charge in [0.15, 0.2) is 12.0 Å². The van der Waals surface area contributed by atoms with Crippen LogP contribution in [0, 0.1) is 0 Å². The topological polar surface area (TPSA) is 105 Å². The summed E-state index contributed by atoms with van der Waals surface area (Å²) in [6, 6.07) is 0. The first-order chi connectivity index (χ1) is 9.95. The molecule has 0 aliphatic carbocycles. The van der Waals surface area contributed by atoms with Crippen molar-refractivity contribution in [3.8, 4) is 0 Å². The van der Waals surface area contributed by atoms with Crippen LogP contribution in [0.4, 0.5) is 0 Å². The Bertz CT molecular complexity index is 545. The highest BCUT2D eigenvalue weighted by atomic mass is 16.8. The van der Waals surface area contributed by atoms with Gasteiger partial charge < -0.3 is 24.1 Å². The SMILES string of the molecule is COC(=O)c1ncn([C@@H]2O[C@H](CO)[C@H]3OC(C)(C)O[C@H]32)n1. The van der Waals surface area contributed by atoms with E-state index in [9.17, 15) is 9.90 Å². The third-order valence-electron chi connectivity index (χ3n) is 3.44. The standard InChI is InChI=1S/C12H17N3O6/c1-12(2)20-7-6(4-16)19-10(8(7)21-12)15-5-13-9(14-15)11(17)18-3/h5-8,10,16H,4H2,1-3H3/t6-,7-,8-,10-/m1/s1. The van der Waals surface area contributed by atoms with Gasteiger partial charge in [-0.1, -0.05) is 0 Å². The minimum Gasteiger partial charge on any atom is -0.463 e. The maximum Gasteiger partial charge on any atom is 0.377 e. The second-order valence-corrected chi connectivity index (χ2v) is 5.35. The summed E-state index contributed by atoms with van der Waals surface area (Å²) in [5.41, 5.74) is 0. The fourth-order valence-electron chi connectivity index (χ4n) is 2.60. The number of aromatic nitrogens is 3. The normalized spacial score (nSPS) is 33.9. The Morgan fingerprint density at radius 3 is 2.86 bits per heavy atom. The fourth-order valence-corrected chi connectivity index (χ4v) is 2.60. The number of rotatable bonds is 3. The molecule has 1 N–H and O–H groups in total. The molecule has 0 radical (unpaired) electrons.